The predicted octanol–water partition coefficient (Wildman–Crippen LogP) is 2.09. The largest absolute Gasteiger partial charge is 0.314 e. The molecule has 1 saturated heterocycles. The molecule has 0 aromatic heterocycles. The summed E-state index contributed by atoms with van der Waals surface area (Å²) in [6, 6.07) is 0.689. The van der Waals surface area contributed by atoms with Gasteiger partial charge in [-0.25, -0.2) is 0 Å². The summed E-state index contributed by atoms with van der Waals surface area (Å²) in [5, 5.41) is 3.47. The smallest absolute Gasteiger partial charge is 0.00759 e. The molecule has 0 radical (unpaired) electrons. The Bertz CT molecular complexity index is 127. The molecule has 10 heavy (non-hydrogen) atoms. The third-order valence-electron chi connectivity index (χ3n) is 2.14. The van der Waals surface area contributed by atoms with Gasteiger partial charge in [0.25, 0.3) is 0 Å². The van der Waals surface area contributed by atoms with Crippen LogP contribution in [-0.4, -0.2) is 12.6 Å². The number of rotatable bonds is 0. The normalized spacial score (nSPS) is 32.2. The summed E-state index contributed by atoms with van der Waals surface area (Å²) in [4.78, 5) is 0. The molecule has 1 heteroatoms. The van der Waals surface area contributed by atoms with E-state index in [1.807, 2.05) is 0 Å². The van der Waals surface area contributed by atoms with Crippen molar-refractivity contribution >= 4 is 0 Å². The fourth-order valence-electron chi connectivity index (χ4n) is 1.49. The fourth-order valence-corrected chi connectivity index (χ4v) is 1.49. The average Bonchev–Trinajstić information content (AvgIpc) is 2.13. The maximum absolute atomic E-state index is 3.47. The van der Waals surface area contributed by atoms with Gasteiger partial charge in [0.15, 0.2) is 0 Å². The van der Waals surface area contributed by atoms with Gasteiger partial charge in [-0.15, -0.1) is 0 Å². The molecule has 0 aromatic carbocycles. The second-order valence-electron chi connectivity index (χ2n) is 3.11. The second kappa shape index (κ2) is 3.77. The SMILES string of the molecule is C/C=C1/CCCN[C@H](C)C1. The molecule has 0 bridgehead atoms. The van der Waals surface area contributed by atoms with Gasteiger partial charge in [0.05, 0.1) is 0 Å². The van der Waals surface area contributed by atoms with Crippen LogP contribution in [0.3, 0.4) is 0 Å². The topological polar surface area (TPSA) is 12.0 Å². The first-order valence-electron chi connectivity index (χ1n) is 4.20. The van der Waals surface area contributed by atoms with Crippen molar-refractivity contribution in [2.75, 3.05) is 6.54 Å². The van der Waals surface area contributed by atoms with E-state index in [0.717, 1.165) is 0 Å². The summed E-state index contributed by atoms with van der Waals surface area (Å²) in [6.45, 7) is 5.60. The summed E-state index contributed by atoms with van der Waals surface area (Å²) < 4.78 is 0. The molecule has 1 aliphatic rings. The Morgan fingerprint density at radius 1 is 1.60 bits per heavy atom. The van der Waals surface area contributed by atoms with Gasteiger partial charge in [0.1, 0.15) is 0 Å². The van der Waals surface area contributed by atoms with Gasteiger partial charge in [0, 0.05) is 6.04 Å². The minimum Gasteiger partial charge on any atom is -0.314 e. The maximum Gasteiger partial charge on any atom is 0.00759 e. The molecule has 1 fully saturated rings. The van der Waals surface area contributed by atoms with Crippen molar-refractivity contribution < 1.29 is 0 Å². The lowest BCUT2D eigenvalue weighted by Gasteiger charge is -2.08. The highest BCUT2D eigenvalue weighted by Crippen LogP contribution is 2.14. The number of allylic oxidation sites excluding steroid dienone is 1. The van der Waals surface area contributed by atoms with Crippen LogP contribution in [0.15, 0.2) is 11.6 Å². The van der Waals surface area contributed by atoms with Gasteiger partial charge in [-0.05, 0) is 39.7 Å². The highest BCUT2D eigenvalue weighted by molar-refractivity contribution is 5.03. The van der Waals surface area contributed by atoms with E-state index >= 15 is 0 Å². The molecule has 0 unspecified atom stereocenters. The Hall–Kier alpha value is -0.300. The van der Waals surface area contributed by atoms with Gasteiger partial charge in [-0.3, -0.25) is 0 Å². The Labute approximate surface area is 63.5 Å². The van der Waals surface area contributed by atoms with Gasteiger partial charge < -0.3 is 5.32 Å². The molecule has 1 N–H and O–H groups in total. The quantitative estimate of drug-likeness (QED) is 0.507. The van der Waals surface area contributed by atoms with E-state index in [2.05, 4.69) is 25.2 Å². The van der Waals surface area contributed by atoms with Crippen LogP contribution in [0.4, 0.5) is 0 Å². The monoisotopic (exact) mass is 139 g/mol. The zero-order chi connectivity index (χ0) is 7.40. The van der Waals surface area contributed by atoms with E-state index in [1.54, 1.807) is 5.57 Å². The van der Waals surface area contributed by atoms with Gasteiger partial charge in [0.2, 0.25) is 0 Å². The van der Waals surface area contributed by atoms with E-state index in [-0.39, 0.29) is 0 Å². The molecule has 0 aromatic rings. The van der Waals surface area contributed by atoms with E-state index in [0.29, 0.717) is 6.04 Å². The molecule has 0 spiro atoms. The Kier molecular flexibility index (Phi) is 2.94. The van der Waals surface area contributed by atoms with Gasteiger partial charge in [-0.1, -0.05) is 11.6 Å². The lowest BCUT2D eigenvalue weighted by Crippen LogP contribution is -2.24. The molecule has 1 heterocycles. The molecule has 0 saturated carbocycles. The lowest BCUT2D eigenvalue weighted by molar-refractivity contribution is 0.571. The minimum atomic E-state index is 0.689. The summed E-state index contributed by atoms with van der Waals surface area (Å²) in [6.07, 6.45) is 6.12. The third-order valence-corrected chi connectivity index (χ3v) is 2.14. The van der Waals surface area contributed by atoms with Crippen LogP contribution >= 0.6 is 0 Å². The Morgan fingerprint density at radius 2 is 2.40 bits per heavy atom. The van der Waals surface area contributed by atoms with Crippen LogP contribution in [0.2, 0.25) is 0 Å². The van der Waals surface area contributed by atoms with E-state index in [4.69, 9.17) is 0 Å². The molecule has 0 amide bonds. The molecule has 0 aliphatic carbocycles. The van der Waals surface area contributed by atoms with Crippen LogP contribution < -0.4 is 5.32 Å². The standard InChI is InChI=1S/C9H17N/c1-3-9-5-4-6-10-8(2)7-9/h3,8,10H,4-7H2,1-2H3/b9-3-/t8-/m1/s1. The second-order valence-corrected chi connectivity index (χ2v) is 3.11. The van der Waals surface area contributed by atoms with Crippen molar-refractivity contribution in [3.05, 3.63) is 11.6 Å². The van der Waals surface area contributed by atoms with Crippen LogP contribution in [-0.2, 0) is 0 Å². The van der Waals surface area contributed by atoms with Crippen LogP contribution in [0.1, 0.15) is 33.1 Å². The predicted molar refractivity (Wildman–Crippen MR) is 45.1 cm³/mol. The fraction of sp³-hybridized carbons (Fsp3) is 0.778. The maximum atomic E-state index is 3.47. The van der Waals surface area contributed by atoms with Crippen molar-refractivity contribution in [2.45, 2.75) is 39.2 Å². The van der Waals surface area contributed by atoms with Crippen molar-refractivity contribution in [2.24, 2.45) is 0 Å². The lowest BCUT2D eigenvalue weighted by atomic mass is 10.1. The highest BCUT2D eigenvalue weighted by atomic mass is 14.9. The van der Waals surface area contributed by atoms with Crippen LogP contribution in [0, 0.1) is 0 Å². The molecule has 1 aliphatic heterocycles. The molecule has 1 atom stereocenters. The van der Waals surface area contributed by atoms with Crippen molar-refractivity contribution in [1.82, 2.24) is 5.32 Å². The highest BCUT2D eigenvalue weighted by Gasteiger charge is 2.08. The average molecular weight is 139 g/mol. The third kappa shape index (κ3) is 2.14. The van der Waals surface area contributed by atoms with Crippen molar-refractivity contribution in [3.63, 3.8) is 0 Å². The number of hydrogen-bond acceptors (Lipinski definition) is 1. The Morgan fingerprint density at radius 3 is 3.10 bits per heavy atom. The van der Waals surface area contributed by atoms with Crippen LogP contribution in [0.5, 0.6) is 0 Å². The summed E-state index contributed by atoms with van der Waals surface area (Å²) in [5.74, 6) is 0. The summed E-state index contributed by atoms with van der Waals surface area (Å²) >= 11 is 0. The molecular formula is C9H17N. The van der Waals surface area contributed by atoms with E-state index in [1.165, 1.54) is 25.8 Å². The zero-order valence-corrected chi connectivity index (χ0v) is 6.98. The zero-order valence-electron chi connectivity index (χ0n) is 6.98. The molecule has 1 rings (SSSR count). The number of hydrogen-bond donors (Lipinski definition) is 1. The molecule has 58 valence electrons. The summed E-state index contributed by atoms with van der Waals surface area (Å²) in [7, 11) is 0. The first-order valence-corrected chi connectivity index (χ1v) is 4.20. The van der Waals surface area contributed by atoms with Gasteiger partial charge in [-0.2, -0.15) is 0 Å². The molecular weight excluding hydrogens is 122 g/mol. The van der Waals surface area contributed by atoms with E-state index < -0.39 is 0 Å². The van der Waals surface area contributed by atoms with Gasteiger partial charge >= 0.3 is 0 Å². The van der Waals surface area contributed by atoms with E-state index in [9.17, 15) is 0 Å². The first kappa shape index (κ1) is 7.80. The van der Waals surface area contributed by atoms with Crippen molar-refractivity contribution in [1.29, 1.82) is 0 Å². The number of nitrogens with one attached hydrogen (secondary N) is 1. The Balaban J connectivity index is 2.46. The summed E-state index contributed by atoms with van der Waals surface area (Å²) in [5.41, 5.74) is 1.62. The van der Waals surface area contributed by atoms with Crippen LogP contribution in [0.25, 0.3) is 0 Å². The minimum absolute atomic E-state index is 0.689. The van der Waals surface area contributed by atoms with Crippen molar-refractivity contribution in [3.8, 4) is 0 Å². The molecule has 1 nitrogen and oxygen atoms in total. The first-order chi connectivity index (χ1) is 4.83.